The monoisotopic (exact) mass is 342 g/mol. The maximum Gasteiger partial charge on any atom is 0.0613 e. The van der Waals surface area contributed by atoms with Gasteiger partial charge in [-0.05, 0) is 78.1 Å². The molecular weight excluding hydrogens is 316 g/mol. The van der Waals surface area contributed by atoms with Crippen molar-refractivity contribution in [2.24, 2.45) is 0 Å². The third-order valence-electron chi connectivity index (χ3n) is 4.45. The third-order valence-corrected chi connectivity index (χ3v) is 8.55. The largest absolute Gasteiger partial charge is 0.306 e. The van der Waals surface area contributed by atoms with Crippen LogP contribution < -0.4 is 0 Å². The number of nitrogens with zero attached hydrogens (tertiary/aromatic N) is 2. The molecule has 0 saturated carbocycles. The molecule has 118 valence electrons. The summed E-state index contributed by atoms with van der Waals surface area (Å²) in [7, 11) is 4.48. The van der Waals surface area contributed by atoms with Crippen LogP contribution in [0.3, 0.4) is 0 Å². The van der Waals surface area contributed by atoms with E-state index in [0.717, 1.165) is 10.5 Å². The molecule has 0 aliphatic carbocycles. The van der Waals surface area contributed by atoms with E-state index in [0.29, 0.717) is 0 Å². The first-order valence-corrected chi connectivity index (χ1v) is 10.6. The molecule has 3 rings (SSSR count). The van der Waals surface area contributed by atoms with Crippen molar-refractivity contribution in [3.05, 3.63) is 12.1 Å². The van der Waals surface area contributed by atoms with E-state index in [9.17, 15) is 0 Å². The van der Waals surface area contributed by atoms with Crippen molar-refractivity contribution in [3.8, 4) is 0 Å². The van der Waals surface area contributed by atoms with E-state index in [4.69, 9.17) is 0 Å². The standard InChI is InChI=1S/C16H26N2S3/c1-17-9-5-13(6-10-17)19-15-3-4-16(21-15)20-14-7-11-18(2)12-8-14/h3-4,13-14H,5-12H2,1-2H3. The minimum Gasteiger partial charge on any atom is -0.306 e. The molecule has 2 aliphatic rings. The number of thiophene rings is 1. The molecule has 21 heavy (non-hydrogen) atoms. The van der Waals surface area contributed by atoms with Crippen LogP contribution in [0.2, 0.25) is 0 Å². The van der Waals surface area contributed by atoms with E-state index < -0.39 is 0 Å². The predicted octanol–water partition coefficient (Wildman–Crippen LogP) is 4.12. The van der Waals surface area contributed by atoms with Crippen molar-refractivity contribution in [2.45, 2.75) is 44.6 Å². The van der Waals surface area contributed by atoms with Gasteiger partial charge in [-0.1, -0.05) is 0 Å². The van der Waals surface area contributed by atoms with E-state index in [1.165, 1.54) is 60.3 Å². The first-order chi connectivity index (χ1) is 10.2. The maximum atomic E-state index is 2.45. The molecule has 0 amide bonds. The number of hydrogen-bond donors (Lipinski definition) is 0. The van der Waals surface area contributed by atoms with Crippen LogP contribution in [0, 0.1) is 0 Å². The molecule has 2 nitrogen and oxygen atoms in total. The lowest BCUT2D eigenvalue weighted by molar-refractivity contribution is 0.282. The van der Waals surface area contributed by atoms with Gasteiger partial charge in [0.15, 0.2) is 0 Å². The minimum absolute atomic E-state index is 0.834. The van der Waals surface area contributed by atoms with Crippen LogP contribution in [-0.2, 0) is 0 Å². The van der Waals surface area contributed by atoms with Crippen molar-refractivity contribution in [1.29, 1.82) is 0 Å². The third kappa shape index (κ3) is 4.90. The molecule has 1 aromatic rings. The molecule has 0 radical (unpaired) electrons. The Morgan fingerprint density at radius 1 is 0.810 bits per heavy atom. The van der Waals surface area contributed by atoms with Gasteiger partial charge < -0.3 is 9.80 Å². The van der Waals surface area contributed by atoms with Crippen molar-refractivity contribution >= 4 is 34.9 Å². The zero-order valence-corrected chi connectivity index (χ0v) is 15.5. The first-order valence-electron chi connectivity index (χ1n) is 7.99. The lowest BCUT2D eigenvalue weighted by Gasteiger charge is -2.28. The smallest absolute Gasteiger partial charge is 0.0613 e. The summed E-state index contributed by atoms with van der Waals surface area (Å²) in [6, 6.07) is 4.70. The summed E-state index contributed by atoms with van der Waals surface area (Å²) >= 11 is 6.26. The number of hydrogen-bond acceptors (Lipinski definition) is 5. The van der Waals surface area contributed by atoms with E-state index in [1.54, 1.807) is 0 Å². The van der Waals surface area contributed by atoms with Crippen LogP contribution in [0.4, 0.5) is 0 Å². The molecule has 5 heteroatoms. The van der Waals surface area contributed by atoms with Crippen LogP contribution in [0.5, 0.6) is 0 Å². The van der Waals surface area contributed by atoms with Crippen molar-refractivity contribution in [2.75, 3.05) is 40.3 Å². The van der Waals surface area contributed by atoms with E-state index >= 15 is 0 Å². The summed E-state index contributed by atoms with van der Waals surface area (Å²) in [6.07, 6.45) is 5.38. The van der Waals surface area contributed by atoms with Crippen LogP contribution in [0.15, 0.2) is 20.6 Å². The van der Waals surface area contributed by atoms with E-state index in [1.807, 2.05) is 11.3 Å². The van der Waals surface area contributed by atoms with Gasteiger partial charge in [0.1, 0.15) is 0 Å². The molecule has 1 aromatic heterocycles. The fourth-order valence-electron chi connectivity index (χ4n) is 2.96. The van der Waals surface area contributed by atoms with Gasteiger partial charge in [0.05, 0.1) is 8.42 Å². The van der Waals surface area contributed by atoms with Gasteiger partial charge in [-0.2, -0.15) is 0 Å². The van der Waals surface area contributed by atoms with Gasteiger partial charge in [-0.15, -0.1) is 34.9 Å². The molecule has 0 bridgehead atoms. The molecule has 2 saturated heterocycles. The average molecular weight is 343 g/mol. The lowest BCUT2D eigenvalue weighted by atomic mass is 10.1. The average Bonchev–Trinajstić information content (AvgIpc) is 2.91. The Morgan fingerprint density at radius 2 is 1.19 bits per heavy atom. The second-order valence-electron chi connectivity index (χ2n) is 6.31. The maximum absolute atomic E-state index is 2.45. The van der Waals surface area contributed by atoms with Crippen LogP contribution in [0.25, 0.3) is 0 Å². The lowest BCUT2D eigenvalue weighted by Crippen LogP contribution is -2.31. The summed E-state index contributed by atoms with van der Waals surface area (Å²) in [5.74, 6) is 0. The molecule has 3 heterocycles. The molecular formula is C16H26N2S3. The number of likely N-dealkylation sites (tertiary alicyclic amines) is 2. The highest BCUT2D eigenvalue weighted by molar-refractivity contribution is 8.04. The summed E-state index contributed by atoms with van der Waals surface area (Å²) in [5, 5.41) is 1.67. The van der Waals surface area contributed by atoms with E-state index in [-0.39, 0.29) is 0 Å². The van der Waals surface area contributed by atoms with Gasteiger partial charge in [-0.25, -0.2) is 0 Å². The number of piperidine rings is 2. The molecule has 2 aliphatic heterocycles. The normalized spacial score (nSPS) is 23.7. The Bertz CT molecular complexity index is 394. The second kappa shape index (κ2) is 7.73. The molecule has 0 aromatic carbocycles. The molecule has 0 spiro atoms. The molecule has 0 N–H and O–H groups in total. The van der Waals surface area contributed by atoms with Crippen molar-refractivity contribution < 1.29 is 0 Å². The quantitative estimate of drug-likeness (QED) is 0.811. The van der Waals surface area contributed by atoms with Crippen molar-refractivity contribution in [1.82, 2.24) is 9.80 Å². The molecule has 0 atom stereocenters. The van der Waals surface area contributed by atoms with Gasteiger partial charge in [0.25, 0.3) is 0 Å². The Balaban J connectivity index is 1.47. The summed E-state index contributed by atoms with van der Waals surface area (Å²) < 4.78 is 3.06. The minimum atomic E-state index is 0.834. The highest BCUT2D eigenvalue weighted by Gasteiger charge is 2.20. The number of thioether (sulfide) groups is 2. The highest BCUT2D eigenvalue weighted by Crippen LogP contribution is 2.40. The summed E-state index contributed by atoms with van der Waals surface area (Å²) in [4.78, 5) is 4.90. The Labute approximate surface area is 141 Å². The van der Waals surface area contributed by atoms with Gasteiger partial charge in [-0.3, -0.25) is 0 Å². The predicted molar refractivity (Wildman–Crippen MR) is 97.1 cm³/mol. The zero-order chi connectivity index (χ0) is 14.7. The highest BCUT2D eigenvalue weighted by atomic mass is 32.2. The topological polar surface area (TPSA) is 6.48 Å². The SMILES string of the molecule is CN1CCC(Sc2ccc(SC3CCN(C)CC3)s2)CC1. The summed E-state index contributed by atoms with van der Waals surface area (Å²) in [5.41, 5.74) is 0. The Hall–Kier alpha value is 0.320. The first kappa shape index (κ1) is 16.2. The molecule has 2 fully saturated rings. The fraction of sp³-hybridized carbons (Fsp3) is 0.750. The Kier molecular flexibility index (Phi) is 5.96. The van der Waals surface area contributed by atoms with Gasteiger partial charge >= 0.3 is 0 Å². The van der Waals surface area contributed by atoms with Gasteiger partial charge in [0, 0.05) is 10.5 Å². The van der Waals surface area contributed by atoms with Crippen LogP contribution in [-0.4, -0.2) is 60.6 Å². The number of rotatable bonds is 4. The Morgan fingerprint density at radius 3 is 1.57 bits per heavy atom. The van der Waals surface area contributed by atoms with Gasteiger partial charge in [0.2, 0.25) is 0 Å². The summed E-state index contributed by atoms with van der Waals surface area (Å²) in [6.45, 7) is 5.06. The van der Waals surface area contributed by atoms with Crippen molar-refractivity contribution in [3.63, 3.8) is 0 Å². The van der Waals surface area contributed by atoms with E-state index in [2.05, 4.69) is 59.6 Å². The van der Waals surface area contributed by atoms with Crippen LogP contribution in [0.1, 0.15) is 25.7 Å². The van der Waals surface area contributed by atoms with Crippen LogP contribution >= 0.6 is 34.9 Å². The molecule has 0 unspecified atom stereocenters. The second-order valence-corrected chi connectivity index (χ2v) is 10.6. The zero-order valence-electron chi connectivity index (χ0n) is 13.1. The fourth-order valence-corrected chi connectivity index (χ4v) is 7.18.